The second-order valence-corrected chi connectivity index (χ2v) is 5.19. The van der Waals surface area contributed by atoms with Crippen LogP contribution in [0.25, 0.3) is 0 Å². The van der Waals surface area contributed by atoms with E-state index < -0.39 is 27.1 Å². The van der Waals surface area contributed by atoms with Crippen LogP contribution in [0.3, 0.4) is 0 Å². The quantitative estimate of drug-likeness (QED) is 0.578. The highest BCUT2D eigenvalue weighted by molar-refractivity contribution is 7.91. The van der Waals surface area contributed by atoms with E-state index in [9.17, 15) is 13.2 Å². The van der Waals surface area contributed by atoms with E-state index in [2.05, 4.69) is 5.32 Å². The van der Waals surface area contributed by atoms with Gasteiger partial charge >= 0.3 is 5.97 Å². The van der Waals surface area contributed by atoms with Crippen molar-refractivity contribution >= 4 is 15.8 Å². The molecule has 1 saturated heterocycles. The van der Waals surface area contributed by atoms with Crippen LogP contribution in [-0.4, -0.2) is 43.6 Å². The molecule has 1 rings (SSSR count). The molecule has 12 heavy (non-hydrogen) atoms. The first-order valence-corrected chi connectivity index (χ1v) is 5.53. The minimum Gasteiger partial charge on any atom is -0.480 e. The predicted molar refractivity (Wildman–Crippen MR) is 42.7 cm³/mol. The zero-order valence-electron chi connectivity index (χ0n) is 6.65. The largest absolute Gasteiger partial charge is 0.480 e. The summed E-state index contributed by atoms with van der Waals surface area (Å²) in [6.07, 6.45) is 1.45. The molecular weight excluding hydrogens is 182 g/mol. The molecule has 2 N–H and O–H groups in total. The van der Waals surface area contributed by atoms with Gasteiger partial charge in [0.15, 0.2) is 9.84 Å². The average molecular weight is 193 g/mol. The predicted octanol–water partition coefficient (Wildman–Crippen LogP) is -1.15. The van der Waals surface area contributed by atoms with Crippen molar-refractivity contribution in [2.75, 3.05) is 12.8 Å². The highest BCUT2D eigenvalue weighted by atomic mass is 32.2. The maximum absolute atomic E-state index is 11.0. The summed E-state index contributed by atoms with van der Waals surface area (Å²) < 4.78 is 22.1. The van der Waals surface area contributed by atoms with Crippen molar-refractivity contribution in [3.8, 4) is 0 Å². The van der Waals surface area contributed by atoms with E-state index in [4.69, 9.17) is 5.11 Å². The van der Waals surface area contributed by atoms with Crippen LogP contribution in [0.1, 0.15) is 6.42 Å². The van der Waals surface area contributed by atoms with Crippen LogP contribution in [0.5, 0.6) is 0 Å². The van der Waals surface area contributed by atoms with Crippen molar-refractivity contribution in [2.45, 2.75) is 17.7 Å². The van der Waals surface area contributed by atoms with Gasteiger partial charge in [-0.15, -0.1) is 0 Å². The third kappa shape index (κ3) is 1.75. The molecule has 1 aliphatic heterocycles. The zero-order chi connectivity index (χ0) is 9.35. The van der Waals surface area contributed by atoms with Crippen molar-refractivity contribution in [3.63, 3.8) is 0 Å². The first-order valence-electron chi connectivity index (χ1n) is 3.58. The van der Waals surface area contributed by atoms with Crippen LogP contribution in [0.4, 0.5) is 0 Å². The fraction of sp³-hybridized carbons (Fsp3) is 0.833. The van der Waals surface area contributed by atoms with E-state index >= 15 is 0 Å². The number of hydrogen-bond acceptors (Lipinski definition) is 4. The fourth-order valence-electron chi connectivity index (χ4n) is 1.39. The first kappa shape index (κ1) is 9.47. The Labute approximate surface area is 70.7 Å². The third-order valence-corrected chi connectivity index (χ3v) is 3.59. The number of sulfone groups is 1. The maximum atomic E-state index is 11.0. The van der Waals surface area contributed by atoms with E-state index in [-0.39, 0.29) is 0 Å². The Morgan fingerprint density at radius 3 is 2.50 bits per heavy atom. The summed E-state index contributed by atoms with van der Waals surface area (Å²) in [5.41, 5.74) is 0. The van der Waals surface area contributed by atoms with Gasteiger partial charge in [-0.2, -0.15) is 0 Å². The van der Waals surface area contributed by atoms with Gasteiger partial charge in [0, 0.05) is 6.26 Å². The molecule has 2 atom stereocenters. The molecule has 70 valence electrons. The Morgan fingerprint density at radius 1 is 1.58 bits per heavy atom. The van der Waals surface area contributed by atoms with Gasteiger partial charge in [-0.3, -0.25) is 4.79 Å². The Bertz CT molecular complexity index is 284. The molecule has 1 fully saturated rings. The minimum absolute atomic E-state index is 0.385. The number of rotatable bonds is 2. The van der Waals surface area contributed by atoms with Gasteiger partial charge in [0.25, 0.3) is 0 Å². The number of carboxylic acid groups (broad SMARTS) is 1. The molecule has 0 radical (unpaired) electrons. The number of carboxylic acids is 1. The summed E-state index contributed by atoms with van der Waals surface area (Å²) in [5.74, 6) is -1.09. The molecule has 0 aliphatic carbocycles. The summed E-state index contributed by atoms with van der Waals surface area (Å²) in [6, 6.07) is -0.931. The lowest BCUT2D eigenvalue weighted by Gasteiger charge is -2.12. The Kier molecular flexibility index (Phi) is 2.39. The summed E-state index contributed by atoms with van der Waals surface area (Å²) in [5, 5.41) is 10.5. The summed E-state index contributed by atoms with van der Waals surface area (Å²) in [7, 11) is -3.24. The Morgan fingerprint density at radius 2 is 2.17 bits per heavy atom. The molecule has 0 aromatic heterocycles. The molecule has 0 saturated carbocycles. The van der Waals surface area contributed by atoms with Gasteiger partial charge in [-0.1, -0.05) is 0 Å². The van der Waals surface area contributed by atoms with Gasteiger partial charge in [0.2, 0.25) is 0 Å². The lowest BCUT2D eigenvalue weighted by Crippen LogP contribution is -2.41. The van der Waals surface area contributed by atoms with Crippen LogP contribution in [0, 0.1) is 0 Å². The Balaban J connectivity index is 2.85. The van der Waals surface area contributed by atoms with Crippen LogP contribution >= 0.6 is 0 Å². The monoisotopic (exact) mass is 193 g/mol. The van der Waals surface area contributed by atoms with Crippen LogP contribution in [0.2, 0.25) is 0 Å². The van der Waals surface area contributed by atoms with Crippen molar-refractivity contribution in [2.24, 2.45) is 0 Å². The normalized spacial score (nSPS) is 30.4. The molecule has 1 heterocycles. The topological polar surface area (TPSA) is 83.5 Å². The molecule has 0 aromatic rings. The van der Waals surface area contributed by atoms with E-state index in [0.29, 0.717) is 13.0 Å². The van der Waals surface area contributed by atoms with Gasteiger partial charge in [-0.25, -0.2) is 8.42 Å². The van der Waals surface area contributed by atoms with Crippen LogP contribution in [0.15, 0.2) is 0 Å². The second kappa shape index (κ2) is 3.02. The molecular formula is C6H11NO4S. The van der Waals surface area contributed by atoms with Crippen LogP contribution < -0.4 is 5.32 Å². The number of hydrogen-bond donors (Lipinski definition) is 2. The standard InChI is InChI=1S/C6H11NO4S/c1-12(10,11)4-2-3-7-5(4)6(8)9/h4-5,7H,2-3H2,1H3,(H,8,9)/t4?,5-/m0/s1. The molecule has 1 unspecified atom stereocenters. The molecule has 1 aliphatic rings. The van der Waals surface area contributed by atoms with Crippen molar-refractivity contribution in [1.29, 1.82) is 0 Å². The lowest BCUT2D eigenvalue weighted by atomic mass is 10.2. The number of carbonyl (C=O) groups is 1. The van der Waals surface area contributed by atoms with E-state index in [1.54, 1.807) is 0 Å². The summed E-state index contributed by atoms with van der Waals surface area (Å²) >= 11 is 0. The molecule has 0 spiro atoms. The molecule has 5 nitrogen and oxygen atoms in total. The lowest BCUT2D eigenvalue weighted by molar-refractivity contribution is -0.138. The minimum atomic E-state index is -3.24. The van der Waals surface area contributed by atoms with Crippen molar-refractivity contribution < 1.29 is 18.3 Å². The van der Waals surface area contributed by atoms with Gasteiger partial charge in [0.05, 0.1) is 5.25 Å². The average Bonchev–Trinajstić information content (AvgIpc) is 2.30. The third-order valence-electron chi connectivity index (χ3n) is 1.98. The SMILES string of the molecule is CS(=O)(=O)C1CCN[C@@H]1C(=O)O. The van der Waals surface area contributed by atoms with E-state index in [1.807, 2.05) is 0 Å². The summed E-state index contributed by atoms with van der Waals surface area (Å²) in [6.45, 7) is 0.453. The fourth-order valence-corrected chi connectivity index (χ4v) is 2.64. The number of nitrogens with one attached hydrogen (secondary N) is 1. The number of aliphatic carboxylic acids is 1. The molecule has 0 aromatic carbocycles. The highest BCUT2D eigenvalue weighted by Crippen LogP contribution is 2.15. The smallest absolute Gasteiger partial charge is 0.322 e. The molecule has 0 amide bonds. The van der Waals surface area contributed by atoms with E-state index in [0.717, 1.165) is 6.26 Å². The molecule has 6 heteroatoms. The molecule has 0 bridgehead atoms. The van der Waals surface area contributed by atoms with Gasteiger partial charge in [0.1, 0.15) is 6.04 Å². The van der Waals surface area contributed by atoms with Crippen LogP contribution in [-0.2, 0) is 14.6 Å². The Hall–Kier alpha value is -0.620. The van der Waals surface area contributed by atoms with Crippen molar-refractivity contribution in [1.82, 2.24) is 5.32 Å². The first-order chi connectivity index (χ1) is 5.43. The summed E-state index contributed by atoms with van der Waals surface area (Å²) in [4.78, 5) is 10.5. The zero-order valence-corrected chi connectivity index (χ0v) is 7.47. The van der Waals surface area contributed by atoms with Gasteiger partial charge < -0.3 is 10.4 Å². The highest BCUT2D eigenvalue weighted by Gasteiger charge is 2.38. The second-order valence-electron chi connectivity index (χ2n) is 2.93. The van der Waals surface area contributed by atoms with Crippen molar-refractivity contribution in [3.05, 3.63) is 0 Å². The van der Waals surface area contributed by atoms with Gasteiger partial charge in [-0.05, 0) is 13.0 Å². The maximum Gasteiger partial charge on any atom is 0.322 e. The van der Waals surface area contributed by atoms with E-state index in [1.165, 1.54) is 0 Å².